The fourth-order valence-corrected chi connectivity index (χ4v) is 2.05. The predicted octanol–water partition coefficient (Wildman–Crippen LogP) is 2.88. The van der Waals surface area contributed by atoms with Crippen LogP contribution in [0.5, 0.6) is 0 Å². The quantitative estimate of drug-likeness (QED) is 0.764. The number of carbonyl (C=O) groups excluding carboxylic acids is 1. The Hall–Kier alpha value is -2.27. The molecule has 5 heteroatoms. The number of nitrogens with two attached hydrogens (primary N) is 1. The van der Waals surface area contributed by atoms with Gasteiger partial charge >= 0.3 is 6.03 Å². The number of nitrogens with one attached hydrogen (secondary N) is 2. The average molecular weight is 287 g/mol. The summed E-state index contributed by atoms with van der Waals surface area (Å²) in [4.78, 5) is 11.9. The third-order valence-electron chi connectivity index (χ3n) is 3.20. The number of furan rings is 1. The molecule has 0 radical (unpaired) electrons. The zero-order chi connectivity index (χ0) is 15.1. The maximum Gasteiger partial charge on any atom is 0.319 e. The van der Waals surface area contributed by atoms with Crippen LogP contribution in [0.2, 0.25) is 0 Å². The molecule has 1 unspecified atom stereocenters. The van der Waals surface area contributed by atoms with Crippen molar-refractivity contribution in [1.29, 1.82) is 0 Å². The molecule has 1 atom stereocenters. The van der Waals surface area contributed by atoms with Crippen molar-refractivity contribution >= 4 is 11.7 Å². The molecule has 0 aliphatic carbocycles. The van der Waals surface area contributed by atoms with Crippen LogP contribution in [0, 0.1) is 0 Å². The van der Waals surface area contributed by atoms with E-state index in [0.717, 1.165) is 29.9 Å². The molecule has 0 aliphatic rings. The molecule has 1 heterocycles. The van der Waals surface area contributed by atoms with Crippen LogP contribution in [0.3, 0.4) is 0 Å². The lowest BCUT2D eigenvalue weighted by Crippen LogP contribution is -2.36. The number of hydrogen-bond acceptors (Lipinski definition) is 3. The Kier molecular flexibility index (Phi) is 5.40. The Balaban J connectivity index is 1.77. The topological polar surface area (TPSA) is 80.3 Å². The molecule has 1 aromatic heterocycles. The van der Waals surface area contributed by atoms with Crippen LogP contribution in [0.15, 0.2) is 47.1 Å². The van der Waals surface area contributed by atoms with Gasteiger partial charge < -0.3 is 20.8 Å². The minimum Gasteiger partial charge on any atom is -0.469 e. The van der Waals surface area contributed by atoms with Crippen molar-refractivity contribution in [3.05, 3.63) is 54.0 Å². The van der Waals surface area contributed by atoms with E-state index < -0.39 is 0 Å². The highest BCUT2D eigenvalue weighted by Crippen LogP contribution is 2.10. The van der Waals surface area contributed by atoms with Gasteiger partial charge in [-0.3, -0.25) is 0 Å². The molecule has 112 valence electrons. The van der Waals surface area contributed by atoms with Crippen LogP contribution in [0.25, 0.3) is 0 Å². The minimum absolute atomic E-state index is 0.0628. The first-order valence-corrected chi connectivity index (χ1v) is 7.06. The van der Waals surface area contributed by atoms with Gasteiger partial charge in [0.15, 0.2) is 0 Å². The van der Waals surface area contributed by atoms with Gasteiger partial charge in [0.1, 0.15) is 5.76 Å². The van der Waals surface area contributed by atoms with E-state index in [1.54, 1.807) is 6.26 Å². The summed E-state index contributed by atoms with van der Waals surface area (Å²) in [5.74, 6) is 0.930. The number of anilines is 1. The molecule has 0 aliphatic heterocycles. The first-order chi connectivity index (χ1) is 10.2. The number of urea groups is 1. The normalized spacial score (nSPS) is 11.9. The largest absolute Gasteiger partial charge is 0.469 e. The lowest BCUT2D eigenvalue weighted by Gasteiger charge is -2.14. The van der Waals surface area contributed by atoms with Gasteiger partial charge in [-0.25, -0.2) is 4.79 Å². The van der Waals surface area contributed by atoms with E-state index in [9.17, 15) is 4.79 Å². The lowest BCUT2D eigenvalue weighted by atomic mass is 10.1. The van der Waals surface area contributed by atoms with E-state index in [0.29, 0.717) is 6.54 Å². The van der Waals surface area contributed by atoms with Gasteiger partial charge in [0, 0.05) is 24.7 Å². The molecule has 0 saturated carbocycles. The zero-order valence-electron chi connectivity index (χ0n) is 12.1. The van der Waals surface area contributed by atoms with Gasteiger partial charge in [-0.2, -0.15) is 0 Å². The minimum atomic E-state index is -0.212. The summed E-state index contributed by atoms with van der Waals surface area (Å²) in [6, 6.07) is 11.2. The number of benzene rings is 1. The molecule has 0 bridgehead atoms. The summed E-state index contributed by atoms with van der Waals surface area (Å²) in [6.45, 7) is 2.43. The van der Waals surface area contributed by atoms with Crippen molar-refractivity contribution in [2.75, 3.05) is 5.32 Å². The molecule has 4 N–H and O–H groups in total. The highest BCUT2D eigenvalue weighted by Gasteiger charge is 2.08. The van der Waals surface area contributed by atoms with Crippen LogP contribution in [-0.2, 0) is 13.0 Å². The lowest BCUT2D eigenvalue weighted by molar-refractivity contribution is 0.248. The second-order valence-electron chi connectivity index (χ2n) is 5.02. The van der Waals surface area contributed by atoms with Crippen LogP contribution in [0.1, 0.15) is 24.7 Å². The molecule has 2 amide bonds. The summed E-state index contributed by atoms with van der Waals surface area (Å²) in [6.07, 6.45) is 3.28. The number of carbonyl (C=O) groups is 1. The number of aryl methyl sites for hydroxylation is 1. The predicted molar refractivity (Wildman–Crippen MR) is 83.0 cm³/mol. The van der Waals surface area contributed by atoms with Gasteiger partial charge in [0.25, 0.3) is 0 Å². The van der Waals surface area contributed by atoms with Crippen LogP contribution < -0.4 is 16.4 Å². The van der Waals surface area contributed by atoms with Crippen molar-refractivity contribution in [2.24, 2.45) is 5.73 Å². The van der Waals surface area contributed by atoms with E-state index in [2.05, 4.69) is 10.6 Å². The third-order valence-corrected chi connectivity index (χ3v) is 3.20. The van der Waals surface area contributed by atoms with E-state index in [1.165, 1.54) is 0 Å². The number of hydrogen-bond donors (Lipinski definition) is 3. The third kappa shape index (κ3) is 4.96. The van der Waals surface area contributed by atoms with Crippen molar-refractivity contribution in [2.45, 2.75) is 32.4 Å². The molecule has 2 aromatic rings. The number of amides is 2. The standard InChI is InChI=1S/C16H21N3O2/c1-12(7-8-15-6-3-9-21-15)18-16(20)19-14-5-2-4-13(10-14)11-17/h2-6,9-10,12H,7-8,11,17H2,1H3,(H2,18,19,20). The molecule has 2 rings (SSSR count). The van der Waals surface area contributed by atoms with Crippen LogP contribution in [0.4, 0.5) is 10.5 Å². The molecule has 0 fully saturated rings. The molecule has 0 spiro atoms. The van der Waals surface area contributed by atoms with E-state index >= 15 is 0 Å². The second kappa shape index (κ2) is 7.50. The Morgan fingerprint density at radius 2 is 2.19 bits per heavy atom. The first-order valence-electron chi connectivity index (χ1n) is 7.06. The van der Waals surface area contributed by atoms with Gasteiger partial charge in [0.2, 0.25) is 0 Å². The van der Waals surface area contributed by atoms with Crippen molar-refractivity contribution in [1.82, 2.24) is 5.32 Å². The summed E-state index contributed by atoms with van der Waals surface area (Å²) in [7, 11) is 0. The molecular weight excluding hydrogens is 266 g/mol. The van der Waals surface area contributed by atoms with Gasteiger partial charge in [-0.15, -0.1) is 0 Å². The fourth-order valence-electron chi connectivity index (χ4n) is 2.05. The van der Waals surface area contributed by atoms with E-state index in [-0.39, 0.29) is 12.1 Å². The van der Waals surface area contributed by atoms with Gasteiger partial charge in [-0.05, 0) is 43.2 Å². The van der Waals surface area contributed by atoms with Crippen LogP contribution in [-0.4, -0.2) is 12.1 Å². The van der Waals surface area contributed by atoms with Crippen LogP contribution >= 0.6 is 0 Å². The second-order valence-corrected chi connectivity index (χ2v) is 5.02. The van der Waals surface area contributed by atoms with Gasteiger partial charge in [0.05, 0.1) is 6.26 Å². The Morgan fingerprint density at radius 1 is 1.33 bits per heavy atom. The Morgan fingerprint density at radius 3 is 2.90 bits per heavy atom. The molecular formula is C16H21N3O2. The highest BCUT2D eigenvalue weighted by atomic mass is 16.3. The van der Waals surface area contributed by atoms with Crippen molar-refractivity contribution in [3.8, 4) is 0 Å². The molecule has 1 aromatic carbocycles. The monoisotopic (exact) mass is 287 g/mol. The summed E-state index contributed by atoms with van der Waals surface area (Å²) >= 11 is 0. The number of rotatable bonds is 6. The van der Waals surface area contributed by atoms with E-state index in [1.807, 2.05) is 43.3 Å². The summed E-state index contributed by atoms with van der Waals surface area (Å²) in [5.41, 5.74) is 7.31. The van der Waals surface area contributed by atoms with Gasteiger partial charge in [-0.1, -0.05) is 12.1 Å². The molecule has 0 saturated heterocycles. The zero-order valence-corrected chi connectivity index (χ0v) is 12.1. The molecule has 5 nitrogen and oxygen atoms in total. The average Bonchev–Trinajstić information content (AvgIpc) is 2.98. The summed E-state index contributed by atoms with van der Waals surface area (Å²) in [5, 5.41) is 5.72. The summed E-state index contributed by atoms with van der Waals surface area (Å²) < 4.78 is 5.27. The van der Waals surface area contributed by atoms with E-state index in [4.69, 9.17) is 10.2 Å². The Bertz CT molecular complexity index is 567. The highest BCUT2D eigenvalue weighted by molar-refractivity contribution is 5.89. The Labute approximate surface area is 124 Å². The smallest absolute Gasteiger partial charge is 0.319 e. The first kappa shape index (κ1) is 15.1. The van der Waals surface area contributed by atoms with Crippen molar-refractivity contribution in [3.63, 3.8) is 0 Å². The maximum absolute atomic E-state index is 11.9. The van der Waals surface area contributed by atoms with Crippen molar-refractivity contribution < 1.29 is 9.21 Å². The maximum atomic E-state index is 11.9. The fraction of sp³-hybridized carbons (Fsp3) is 0.312. The molecule has 21 heavy (non-hydrogen) atoms. The SMILES string of the molecule is CC(CCc1ccco1)NC(=O)Nc1cccc(CN)c1.